The molecular formula is H3CoLiMnO4SW. The third kappa shape index (κ3) is 155. The van der Waals surface area contributed by atoms with Gasteiger partial charge >= 0.3 is 76.1 Å². The maximum absolute atomic E-state index is 8.80. The van der Waals surface area contributed by atoms with Crippen molar-refractivity contribution in [1.82, 2.24) is 0 Å². The fourth-order valence-corrected chi connectivity index (χ4v) is 0. The molecule has 0 aliphatic heterocycles. The normalized spacial score (nSPS) is 6.89. The molecule has 0 saturated heterocycles. The van der Waals surface area contributed by atoms with E-state index in [9.17, 15) is 0 Å². The molecule has 2 N–H and O–H groups in total. The Balaban J connectivity index is -0.0000000154. The summed E-state index contributed by atoms with van der Waals surface area (Å²) in [5, 5.41) is 0. The Morgan fingerprint density at radius 2 is 1.33 bits per heavy atom. The summed E-state index contributed by atoms with van der Waals surface area (Å²) in [7, 11) is 4.17. The van der Waals surface area contributed by atoms with Gasteiger partial charge in [-0.1, -0.05) is 0 Å². The number of hydrogen-bond donors (Lipinski definition) is 2. The summed E-state index contributed by atoms with van der Waals surface area (Å²) in [6.07, 6.45) is 0. The van der Waals surface area contributed by atoms with E-state index in [0.717, 1.165) is 0 Å². The third-order valence-electron chi connectivity index (χ3n) is 0. The second-order valence-electron chi connectivity index (χ2n) is 0.415. The van der Waals surface area contributed by atoms with Crippen LogP contribution in [0.1, 0.15) is 1.43 Å². The van der Waals surface area contributed by atoms with Gasteiger partial charge in [-0.3, -0.25) is 0 Å². The van der Waals surface area contributed by atoms with Gasteiger partial charge in [0.25, 0.3) is 0 Å². The average molecular weight is 404 g/mol. The van der Waals surface area contributed by atoms with Gasteiger partial charge in [-0.05, 0) is 0 Å². The van der Waals surface area contributed by atoms with Gasteiger partial charge in [0.05, 0.1) is 0 Å². The van der Waals surface area contributed by atoms with E-state index >= 15 is 0 Å². The summed E-state index contributed by atoms with van der Waals surface area (Å²) in [5.41, 5.74) is 0. The predicted octanol–water partition coefficient (Wildman–Crippen LogP) is -3.59. The van der Waals surface area contributed by atoms with Crippen LogP contribution in [0.4, 0.5) is 0 Å². The van der Waals surface area contributed by atoms with Gasteiger partial charge in [0.2, 0.25) is 0 Å². The molecule has 0 spiro atoms. The molecule has 0 bridgehead atoms. The van der Waals surface area contributed by atoms with E-state index in [1.807, 2.05) is 0 Å². The van der Waals surface area contributed by atoms with Crippen LogP contribution in [0.25, 0.3) is 0 Å². The molecule has 0 heterocycles. The van der Waals surface area contributed by atoms with Gasteiger partial charge in [0.1, 0.15) is 0 Å². The Morgan fingerprint density at radius 3 is 1.33 bits per heavy atom. The zero-order valence-electron chi connectivity index (χ0n) is 5.24. The molecule has 0 rings (SSSR count). The SMILES string of the molecule is [Co].[H-].[Li+].[O]=[Mn](=[O])([OH])[OH].[S]=[W]. The molecule has 0 saturated carbocycles. The molecule has 0 aromatic rings. The summed E-state index contributed by atoms with van der Waals surface area (Å²) < 4.78 is 31.8. The van der Waals surface area contributed by atoms with Gasteiger partial charge in [-0.2, -0.15) is 0 Å². The van der Waals surface area contributed by atoms with E-state index < -0.39 is 13.4 Å². The summed E-state index contributed by atoms with van der Waals surface area (Å²) in [5.74, 6) is 0. The Morgan fingerprint density at radius 1 is 1.33 bits per heavy atom. The molecule has 0 unspecified atom stereocenters. The molecule has 0 fully saturated rings. The van der Waals surface area contributed by atoms with Crippen LogP contribution in [0.2, 0.25) is 0 Å². The predicted molar refractivity (Wildman–Crippen MR) is 14.5 cm³/mol. The molecule has 0 atom stereocenters. The van der Waals surface area contributed by atoms with Crippen LogP contribution in [0.15, 0.2) is 0 Å². The zero-order valence-corrected chi connectivity index (χ0v) is 10.2. The third-order valence-corrected chi connectivity index (χ3v) is 0. The van der Waals surface area contributed by atoms with Crippen molar-refractivity contribution >= 4 is 9.82 Å². The number of rotatable bonds is 0. The Bertz CT molecular complexity index is 119. The van der Waals surface area contributed by atoms with E-state index in [1.54, 1.807) is 0 Å². The average Bonchev–Trinajstić information content (AvgIpc) is 1.36. The van der Waals surface area contributed by atoms with Crippen LogP contribution in [0, 0.1) is 0 Å². The topological polar surface area (TPSA) is 74.6 Å². The number of hydrogen-bond acceptors (Lipinski definition) is 3. The molecule has 0 amide bonds. The summed E-state index contributed by atoms with van der Waals surface area (Å²) in [6.45, 7) is 0. The fraction of sp³-hybridized carbons (Fsp3) is 0. The first-order chi connectivity index (χ1) is 3.00. The van der Waals surface area contributed by atoms with Gasteiger partial charge in [-0.15, -0.1) is 0 Å². The summed E-state index contributed by atoms with van der Waals surface area (Å²) >= 11 is -3.96. The van der Waals surface area contributed by atoms with Crippen LogP contribution >= 0.6 is 9.82 Å². The van der Waals surface area contributed by atoms with Crippen LogP contribution in [0.3, 0.4) is 0 Å². The van der Waals surface area contributed by atoms with Gasteiger partial charge < -0.3 is 1.43 Å². The van der Waals surface area contributed by atoms with Gasteiger partial charge in [0, 0.05) is 16.8 Å². The first-order valence-corrected chi connectivity index (χ1v) is 6.76. The monoisotopic (exact) mass is 404 g/mol. The second kappa shape index (κ2) is 12.7. The Labute approximate surface area is 93.3 Å². The van der Waals surface area contributed by atoms with Gasteiger partial charge in [0.15, 0.2) is 0 Å². The molecule has 9 heavy (non-hydrogen) atoms. The van der Waals surface area contributed by atoms with Crippen LogP contribution < -0.4 is 18.9 Å². The van der Waals surface area contributed by atoms with Crippen molar-refractivity contribution < 1.29 is 84.5 Å². The molecular weight excluding hydrogens is 401 g/mol. The van der Waals surface area contributed by atoms with E-state index in [4.69, 9.17) is 16.0 Å². The first kappa shape index (κ1) is 22.5. The van der Waals surface area contributed by atoms with Crippen molar-refractivity contribution in [2.45, 2.75) is 0 Å². The van der Waals surface area contributed by atoms with Crippen molar-refractivity contribution in [2.24, 2.45) is 0 Å². The van der Waals surface area contributed by atoms with Crippen molar-refractivity contribution in [1.29, 1.82) is 0 Å². The minimum absolute atomic E-state index is 0. The molecule has 0 aliphatic rings. The standard InChI is InChI=1S/Co.Li.Mn.2H2O.2O.S.W.H/h;;;2*1H2;;;;;/q;+1;+2;;;;;;;-1/p-2. The van der Waals surface area contributed by atoms with Gasteiger partial charge in [-0.25, -0.2) is 0 Å². The Kier molecular flexibility index (Phi) is 31.7. The molecule has 56 valence electrons. The van der Waals surface area contributed by atoms with E-state index in [2.05, 4.69) is 9.82 Å². The quantitative estimate of drug-likeness (QED) is 0.409. The van der Waals surface area contributed by atoms with Crippen molar-refractivity contribution in [3.05, 3.63) is 0 Å². The second-order valence-corrected chi connectivity index (χ2v) is 1.71. The van der Waals surface area contributed by atoms with E-state index in [0.29, 0.717) is 0 Å². The van der Waals surface area contributed by atoms with E-state index in [1.165, 1.54) is 18.0 Å². The summed E-state index contributed by atoms with van der Waals surface area (Å²) in [4.78, 5) is 0. The fourth-order valence-electron chi connectivity index (χ4n) is 0. The van der Waals surface area contributed by atoms with Crippen molar-refractivity contribution in [3.63, 3.8) is 0 Å². The molecule has 0 aromatic heterocycles. The molecule has 9 heteroatoms. The minimum atomic E-state index is -5.12. The molecule has 1 radical (unpaired) electrons. The van der Waals surface area contributed by atoms with Crippen LogP contribution in [-0.4, -0.2) is 8.38 Å². The zero-order chi connectivity index (χ0) is 6.50. The summed E-state index contributed by atoms with van der Waals surface area (Å²) in [6, 6.07) is 0. The molecule has 0 aliphatic carbocycles. The van der Waals surface area contributed by atoms with Crippen molar-refractivity contribution in [2.75, 3.05) is 0 Å². The maximum atomic E-state index is 8.80. The Hall–Kier alpha value is 2.05. The van der Waals surface area contributed by atoms with Crippen LogP contribution in [0.5, 0.6) is 0 Å². The first-order valence-electron chi connectivity index (χ1n) is 0.813. The van der Waals surface area contributed by atoms with Crippen LogP contribution in [-0.2, 0) is 55.8 Å². The van der Waals surface area contributed by atoms with Crippen molar-refractivity contribution in [3.8, 4) is 0 Å². The molecule has 4 nitrogen and oxygen atoms in total. The molecule has 0 aromatic carbocycles. The van der Waals surface area contributed by atoms with E-state index in [-0.39, 0.29) is 37.1 Å².